The van der Waals surface area contributed by atoms with E-state index in [1.165, 1.54) is 0 Å². The highest BCUT2D eigenvalue weighted by Gasteiger charge is 2.51. The normalized spacial score (nSPS) is 19.2. The zero-order valence-corrected chi connectivity index (χ0v) is 15.1. The monoisotopic (exact) mass is 334 g/mol. The molecular formula is C20H30O4. The molecule has 2 rings (SSSR count). The fraction of sp³-hybridized carbons (Fsp3) is 0.700. The van der Waals surface area contributed by atoms with Gasteiger partial charge in [0.15, 0.2) is 5.60 Å². The minimum atomic E-state index is -0.714. The number of hydrogen-bond acceptors (Lipinski definition) is 4. The Morgan fingerprint density at radius 2 is 1.29 bits per heavy atom. The molecule has 2 aliphatic carbocycles. The number of hydrogen-bond donors (Lipinski definition) is 0. The summed E-state index contributed by atoms with van der Waals surface area (Å²) in [5.74, 6) is -0.287. The summed E-state index contributed by atoms with van der Waals surface area (Å²) < 4.78 is 11.6. The van der Waals surface area contributed by atoms with E-state index < -0.39 is 11.6 Å². The molecule has 0 unspecified atom stereocenters. The summed E-state index contributed by atoms with van der Waals surface area (Å²) in [4.78, 5) is 24.3. The van der Waals surface area contributed by atoms with Gasteiger partial charge in [-0.15, -0.1) is 0 Å². The average molecular weight is 334 g/mol. The van der Waals surface area contributed by atoms with Crippen LogP contribution in [0.3, 0.4) is 0 Å². The summed E-state index contributed by atoms with van der Waals surface area (Å²) in [6.07, 6.45) is 8.62. The molecule has 0 radical (unpaired) electrons. The van der Waals surface area contributed by atoms with Crippen molar-refractivity contribution in [1.82, 2.24) is 0 Å². The lowest BCUT2D eigenvalue weighted by Gasteiger charge is -2.42. The summed E-state index contributed by atoms with van der Waals surface area (Å²) in [6.45, 7) is 10.8. The maximum Gasteiger partial charge on any atom is 0.333 e. The van der Waals surface area contributed by atoms with Gasteiger partial charge in [0, 0.05) is 23.0 Å². The van der Waals surface area contributed by atoms with Crippen LogP contribution in [0.2, 0.25) is 0 Å². The zero-order valence-electron chi connectivity index (χ0n) is 15.1. The number of carbonyl (C=O) groups is 2. The van der Waals surface area contributed by atoms with Crippen LogP contribution in [0.4, 0.5) is 0 Å². The Labute approximate surface area is 145 Å². The Morgan fingerprint density at radius 3 is 1.67 bits per heavy atom. The van der Waals surface area contributed by atoms with E-state index in [4.69, 9.17) is 9.47 Å². The number of carbonyl (C=O) groups excluding carboxylic acids is 2. The molecule has 0 bridgehead atoms. The van der Waals surface area contributed by atoms with Crippen LogP contribution in [-0.2, 0) is 19.1 Å². The Morgan fingerprint density at radius 1 is 0.875 bits per heavy atom. The molecule has 0 amide bonds. The summed E-state index contributed by atoms with van der Waals surface area (Å²) in [5, 5.41) is 0. The molecule has 24 heavy (non-hydrogen) atoms. The highest BCUT2D eigenvalue weighted by molar-refractivity contribution is 5.88. The van der Waals surface area contributed by atoms with Gasteiger partial charge in [0.1, 0.15) is 6.61 Å². The fourth-order valence-electron chi connectivity index (χ4n) is 4.16. The maximum absolute atomic E-state index is 12.4. The first-order chi connectivity index (χ1) is 11.4. The van der Waals surface area contributed by atoms with E-state index in [2.05, 4.69) is 13.2 Å². The van der Waals surface area contributed by atoms with Crippen molar-refractivity contribution in [3.8, 4) is 0 Å². The van der Waals surface area contributed by atoms with E-state index in [1.807, 2.05) is 0 Å². The van der Waals surface area contributed by atoms with Gasteiger partial charge in [-0.3, -0.25) is 0 Å². The molecule has 0 aromatic rings. The number of rotatable bonds is 7. The van der Waals surface area contributed by atoms with Gasteiger partial charge in [-0.05, 0) is 39.5 Å². The van der Waals surface area contributed by atoms with Gasteiger partial charge in [0.2, 0.25) is 0 Å². The molecule has 2 fully saturated rings. The molecule has 0 N–H and O–H groups in total. The largest absolute Gasteiger partial charge is 0.458 e. The van der Waals surface area contributed by atoms with Crippen LogP contribution in [0.25, 0.3) is 0 Å². The molecule has 0 aliphatic heterocycles. The van der Waals surface area contributed by atoms with Crippen molar-refractivity contribution >= 4 is 11.9 Å². The Balaban J connectivity index is 2.29. The number of esters is 2. The molecule has 0 aromatic carbocycles. The fourth-order valence-corrected chi connectivity index (χ4v) is 4.16. The minimum absolute atomic E-state index is 0.132. The molecule has 0 aromatic heterocycles. The molecule has 0 atom stereocenters. The van der Waals surface area contributed by atoms with Crippen molar-refractivity contribution in [1.29, 1.82) is 0 Å². The van der Waals surface area contributed by atoms with Crippen LogP contribution in [0.5, 0.6) is 0 Å². The summed E-state index contributed by atoms with van der Waals surface area (Å²) >= 11 is 0. The van der Waals surface area contributed by atoms with Crippen molar-refractivity contribution < 1.29 is 19.1 Å². The highest BCUT2D eigenvalue weighted by atomic mass is 16.6. The molecule has 134 valence electrons. The summed E-state index contributed by atoms with van der Waals surface area (Å²) in [7, 11) is 0. The van der Waals surface area contributed by atoms with Crippen LogP contribution < -0.4 is 0 Å². The van der Waals surface area contributed by atoms with Crippen molar-refractivity contribution in [3.63, 3.8) is 0 Å². The van der Waals surface area contributed by atoms with Crippen molar-refractivity contribution in [2.75, 3.05) is 6.61 Å². The zero-order chi connectivity index (χ0) is 17.7. The van der Waals surface area contributed by atoms with Crippen molar-refractivity contribution in [2.24, 2.45) is 11.8 Å². The molecule has 0 spiro atoms. The van der Waals surface area contributed by atoms with Gasteiger partial charge in [-0.25, -0.2) is 9.59 Å². The lowest BCUT2D eigenvalue weighted by Crippen LogP contribution is -2.52. The van der Waals surface area contributed by atoms with Crippen LogP contribution in [0, 0.1) is 11.8 Å². The van der Waals surface area contributed by atoms with E-state index >= 15 is 0 Å². The van der Waals surface area contributed by atoms with Crippen LogP contribution in [0.15, 0.2) is 24.3 Å². The Kier molecular flexibility index (Phi) is 6.25. The molecule has 2 aliphatic rings. The first-order valence-electron chi connectivity index (χ1n) is 9.08. The van der Waals surface area contributed by atoms with E-state index in [9.17, 15) is 9.59 Å². The van der Waals surface area contributed by atoms with Gasteiger partial charge < -0.3 is 9.47 Å². The average Bonchev–Trinajstić information content (AvgIpc) is 3.23. The molecular weight excluding hydrogens is 304 g/mol. The van der Waals surface area contributed by atoms with Gasteiger partial charge in [-0.1, -0.05) is 38.8 Å². The predicted molar refractivity (Wildman–Crippen MR) is 93.3 cm³/mol. The lowest BCUT2D eigenvalue weighted by atomic mass is 9.75. The highest BCUT2D eigenvalue weighted by Crippen LogP contribution is 2.47. The Hall–Kier alpha value is -1.58. The van der Waals surface area contributed by atoms with Crippen LogP contribution >= 0.6 is 0 Å². The van der Waals surface area contributed by atoms with Crippen LogP contribution in [-0.4, -0.2) is 24.1 Å². The second-order valence-corrected chi connectivity index (χ2v) is 7.44. The first kappa shape index (κ1) is 18.8. The molecule has 2 saturated carbocycles. The van der Waals surface area contributed by atoms with E-state index in [0.29, 0.717) is 11.1 Å². The van der Waals surface area contributed by atoms with Crippen LogP contribution in [0.1, 0.15) is 65.2 Å². The van der Waals surface area contributed by atoms with Gasteiger partial charge >= 0.3 is 11.9 Å². The third kappa shape index (κ3) is 4.08. The molecule has 4 heteroatoms. The second kappa shape index (κ2) is 8.00. The summed E-state index contributed by atoms with van der Waals surface area (Å²) in [6, 6.07) is 0. The van der Waals surface area contributed by atoms with E-state index in [1.54, 1.807) is 13.8 Å². The second-order valence-electron chi connectivity index (χ2n) is 7.44. The van der Waals surface area contributed by atoms with E-state index in [-0.39, 0.29) is 24.4 Å². The third-order valence-electron chi connectivity index (χ3n) is 5.50. The smallest absolute Gasteiger partial charge is 0.333 e. The van der Waals surface area contributed by atoms with Gasteiger partial charge in [0.05, 0.1) is 0 Å². The van der Waals surface area contributed by atoms with E-state index in [0.717, 1.165) is 51.4 Å². The third-order valence-corrected chi connectivity index (χ3v) is 5.50. The Bertz CT molecular complexity index is 492. The predicted octanol–water partition coefficient (Wildman–Crippen LogP) is 4.34. The number of ether oxygens (including phenoxy) is 2. The molecule has 0 heterocycles. The van der Waals surface area contributed by atoms with Gasteiger partial charge in [0.25, 0.3) is 0 Å². The minimum Gasteiger partial charge on any atom is -0.458 e. The topological polar surface area (TPSA) is 52.6 Å². The molecule has 4 nitrogen and oxygen atoms in total. The standard InChI is InChI=1S/C20H30O4/c1-14(2)18(21)23-13-20(16-9-5-6-10-16,17-11-7-8-12-17)24-19(22)15(3)4/h16-17H,1,3,5-13H2,2,4H3. The lowest BCUT2D eigenvalue weighted by molar-refractivity contribution is -0.187. The first-order valence-corrected chi connectivity index (χ1v) is 9.08. The SMILES string of the molecule is C=C(C)C(=O)OCC(OC(=O)C(=C)C)(C1CCCC1)C1CCCC1. The summed E-state index contributed by atoms with van der Waals surface area (Å²) in [5.41, 5.74) is 0.0447. The maximum atomic E-state index is 12.4. The quantitative estimate of drug-likeness (QED) is 0.513. The van der Waals surface area contributed by atoms with Crippen molar-refractivity contribution in [2.45, 2.75) is 70.8 Å². The van der Waals surface area contributed by atoms with Crippen molar-refractivity contribution in [3.05, 3.63) is 24.3 Å². The molecule has 0 saturated heterocycles. The van der Waals surface area contributed by atoms with Gasteiger partial charge in [-0.2, -0.15) is 0 Å².